The summed E-state index contributed by atoms with van der Waals surface area (Å²) < 4.78 is 0. The zero-order valence-corrected chi connectivity index (χ0v) is 19.1. The molecular formula is C26H25N5O4. The average Bonchev–Trinajstić information content (AvgIpc) is 2.88. The van der Waals surface area contributed by atoms with Crippen LogP contribution in [0.2, 0.25) is 0 Å². The van der Waals surface area contributed by atoms with Gasteiger partial charge >= 0.3 is 5.97 Å². The quantitative estimate of drug-likeness (QED) is 0.353. The summed E-state index contributed by atoms with van der Waals surface area (Å²) in [6.45, 7) is -0.0237. The van der Waals surface area contributed by atoms with Crippen LogP contribution >= 0.6 is 0 Å². The SMILES string of the molecule is CNc1ccc(C(=O)N(CCC(=O)O)c2ccccc2)cc1NC(=O)CNc1ccc(C#N)cc1. The molecule has 2 amide bonds. The maximum Gasteiger partial charge on any atom is 0.305 e. The molecule has 3 aromatic carbocycles. The van der Waals surface area contributed by atoms with Crippen molar-refractivity contribution >= 4 is 40.5 Å². The van der Waals surface area contributed by atoms with Crippen molar-refractivity contribution in [1.82, 2.24) is 0 Å². The van der Waals surface area contributed by atoms with E-state index in [4.69, 9.17) is 10.4 Å². The second-order valence-electron chi connectivity index (χ2n) is 7.54. The molecule has 9 heteroatoms. The molecule has 4 N–H and O–H groups in total. The highest BCUT2D eigenvalue weighted by Gasteiger charge is 2.20. The fourth-order valence-electron chi connectivity index (χ4n) is 3.36. The number of carbonyl (C=O) groups excluding carboxylic acids is 2. The van der Waals surface area contributed by atoms with Crippen LogP contribution in [-0.2, 0) is 9.59 Å². The van der Waals surface area contributed by atoms with E-state index in [9.17, 15) is 14.4 Å². The average molecular weight is 472 g/mol. The molecule has 0 heterocycles. The van der Waals surface area contributed by atoms with Crippen molar-refractivity contribution in [3.63, 3.8) is 0 Å². The molecule has 0 radical (unpaired) electrons. The highest BCUT2D eigenvalue weighted by molar-refractivity contribution is 6.08. The maximum atomic E-state index is 13.3. The number of carboxylic acids is 1. The molecular weight excluding hydrogens is 446 g/mol. The molecule has 3 aromatic rings. The number of para-hydroxylation sites is 1. The summed E-state index contributed by atoms with van der Waals surface area (Å²) in [4.78, 5) is 38.4. The number of hydrogen-bond acceptors (Lipinski definition) is 6. The first-order chi connectivity index (χ1) is 16.9. The van der Waals surface area contributed by atoms with E-state index in [1.165, 1.54) is 4.90 Å². The number of nitriles is 1. The largest absolute Gasteiger partial charge is 0.481 e. The van der Waals surface area contributed by atoms with Gasteiger partial charge in [0.15, 0.2) is 0 Å². The van der Waals surface area contributed by atoms with E-state index >= 15 is 0 Å². The van der Waals surface area contributed by atoms with Gasteiger partial charge in [0.25, 0.3) is 5.91 Å². The second kappa shape index (κ2) is 11.9. The first-order valence-corrected chi connectivity index (χ1v) is 10.9. The van der Waals surface area contributed by atoms with E-state index in [0.29, 0.717) is 33.9 Å². The maximum absolute atomic E-state index is 13.3. The summed E-state index contributed by atoms with van der Waals surface area (Å²) in [6, 6.07) is 22.4. The molecule has 178 valence electrons. The van der Waals surface area contributed by atoms with Gasteiger partial charge in [-0.25, -0.2) is 0 Å². The van der Waals surface area contributed by atoms with Gasteiger partial charge in [-0.05, 0) is 54.6 Å². The van der Waals surface area contributed by atoms with E-state index in [1.54, 1.807) is 73.8 Å². The van der Waals surface area contributed by atoms with Gasteiger partial charge in [0.2, 0.25) is 5.91 Å². The number of carboxylic acid groups (broad SMARTS) is 1. The number of aliphatic carboxylic acids is 1. The molecule has 0 bridgehead atoms. The molecule has 0 aliphatic rings. The van der Waals surface area contributed by atoms with E-state index < -0.39 is 5.97 Å². The topological polar surface area (TPSA) is 135 Å². The first kappa shape index (κ1) is 24.8. The number of anilines is 4. The van der Waals surface area contributed by atoms with Gasteiger partial charge in [0.05, 0.1) is 36.0 Å². The van der Waals surface area contributed by atoms with Crippen LogP contribution in [0.4, 0.5) is 22.7 Å². The third-order valence-corrected chi connectivity index (χ3v) is 5.14. The number of nitrogens with zero attached hydrogens (tertiary/aromatic N) is 2. The summed E-state index contributed by atoms with van der Waals surface area (Å²) in [6.07, 6.45) is -0.208. The van der Waals surface area contributed by atoms with Crippen LogP contribution in [0.15, 0.2) is 72.8 Å². The van der Waals surface area contributed by atoms with Crippen molar-refractivity contribution in [2.75, 3.05) is 41.0 Å². The summed E-state index contributed by atoms with van der Waals surface area (Å²) in [5.41, 5.74) is 3.12. The summed E-state index contributed by atoms with van der Waals surface area (Å²) >= 11 is 0. The standard InChI is InChI=1S/C26H25N5O4/c1-28-22-12-9-19(26(35)31(14-13-25(33)34)21-5-3-2-4-6-21)15-23(22)30-24(32)17-29-20-10-7-18(16-27)8-11-20/h2-12,15,28-29H,13-14,17H2,1H3,(H,30,32)(H,33,34). The van der Waals surface area contributed by atoms with Gasteiger partial charge in [-0.3, -0.25) is 14.4 Å². The Kier molecular flexibility index (Phi) is 8.40. The number of nitrogens with one attached hydrogen (secondary N) is 3. The number of amides is 2. The lowest BCUT2D eigenvalue weighted by molar-refractivity contribution is -0.136. The van der Waals surface area contributed by atoms with Gasteiger partial charge in [0, 0.05) is 30.5 Å². The fourth-order valence-corrected chi connectivity index (χ4v) is 3.36. The lowest BCUT2D eigenvalue weighted by Gasteiger charge is -2.23. The van der Waals surface area contributed by atoms with E-state index in [0.717, 1.165) is 0 Å². The lowest BCUT2D eigenvalue weighted by Crippen LogP contribution is -2.33. The molecule has 0 fully saturated rings. The highest BCUT2D eigenvalue weighted by Crippen LogP contribution is 2.25. The van der Waals surface area contributed by atoms with Gasteiger partial charge in [-0.1, -0.05) is 18.2 Å². The molecule has 3 rings (SSSR count). The Hall–Kier alpha value is -4.84. The van der Waals surface area contributed by atoms with Crippen LogP contribution in [0.25, 0.3) is 0 Å². The molecule has 0 saturated carbocycles. The van der Waals surface area contributed by atoms with Gasteiger partial charge in [-0.15, -0.1) is 0 Å². The van der Waals surface area contributed by atoms with Crippen LogP contribution < -0.4 is 20.9 Å². The van der Waals surface area contributed by atoms with Crippen LogP contribution in [0.1, 0.15) is 22.3 Å². The summed E-state index contributed by atoms with van der Waals surface area (Å²) in [5.74, 6) is -1.72. The van der Waals surface area contributed by atoms with Gasteiger partial charge in [-0.2, -0.15) is 5.26 Å². The molecule has 9 nitrogen and oxygen atoms in total. The minimum atomic E-state index is -1.01. The number of hydrogen-bond donors (Lipinski definition) is 4. The molecule has 0 saturated heterocycles. The van der Waals surface area contributed by atoms with Crippen LogP contribution in [-0.4, -0.2) is 43.0 Å². The van der Waals surface area contributed by atoms with E-state index in [2.05, 4.69) is 16.0 Å². The van der Waals surface area contributed by atoms with Crippen LogP contribution in [0, 0.1) is 11.3 Å². The Balaban J connectivity index is 1.76. The Bertz CT molecular complexity index is 1240. The monoisotopic (exact) mass is 471 g/mol. The number of carbonyl (C=O) groups is 3. The Morgan fingerprint density at radius 2 is 1.69 bits per heavy atom. The first-order valence-electron chi connectivity index (χ1n) is 10.9. The molecule has 0 unspecified atom stereocenters. The predicted octanol–water partition coefficient (Wildman–Crippen LogP) is 3.77. The Morgan fingerprint density at radius 3 is 2.31 bits per heavy atom. The summed E-state index contributed by atoms with van der Waals surface area (Å²) in [7, 11) is 1.70. The molecule has 0 aliphatic carbocycles. The van der Waals surface area contributed by atoms with Crippen molar-refractivity contribution in [3.05, 3.63) is 83.9 Å². The van der Waals surface area contributed by atoms with Crippen molar-refractivity contribution in [1.29, 1.82) is 5.26 Å². The smallest absolute Gasteiger partial charge is 0.305 e. The zero-order valence-electron chi connectivity index (χ0n) is 19.1. The van der Waals surface area contributed by atoms with E-state index in [-0.39, 0.29) is 31.3 Å². The van der Waals surface area contributed by atoms with Crippen molar-refractivity contribution in [2.24, 2.45) is 0 Å². The fraction of sp³-hybridized carbons (Fsp3) is 0.154. The third kappa shape index (κ3) is 6.82. The number of benzene rings is 3. The molecule has 35 heavy (non-hydrogen) atoms. The lowest BCUT2D eigenvalue weighted by atomic mass is 10.1. The minimum absolute atomic E-state index is 0.00215. The van der Waals surface area contributed by atoms with Crippen molar-refractivity contribution in [3.8, 4) is 6.07 Å². The second-order valence-corrected chi connectivity index (χ2v) is 7.54. The highest BCUT2D eigenvalue weighted by atomic mass is 16.4. The molecule has 0 atom stereocenters. The summed E-state index contributed by atoms with van der Waals surface area (Å²) in [5, 5.41) is 26.8. The van der Waals surface area contributed by atoms with Gasteiger partial charge < -0.3 is 26.0 Å². The Morgan fingerprint density at radius 1 is 0.971 bits per heavy atom. The molecule has 0 aromatic heterocycles. The number of rotatable bonds is 10. The normalized spacial score (nSPS) is 10.1. The van der Waals surface area contributed by atoms with Crippen LogP contribution in [0.3, 0.4) is 0 Å². The van der Waals surface area contributed by atoms with Gasteiger partial charge in [0.1, 0.15) is 0 Å². The minimum Gasteiger partial charge on any atom is -0.481 e. The van der Waals surface area contributed by atoms with E-state index in [1.807, 2.05) is 12.1 Å². The van der Waals surface area contributed by atoms with Crippen molar-refractivity contribution in [2.45, 2.75) is 6.42 Å². The third-order valence-electron chi connectivity index (χ3n) is 5.14. The molecule has 0 aliphatic heterocycles. The van der Waals surface area contributed by atoms with Crippen LogP contribution in [0.5, 0.6) is 0 Å². The zero-order chi connectivity index (χ0) is 25.2. The van der Waals surface area contributed by atoms with Crippen molar-refractivity contribution < 1.29 is 19.5 Å². The Labute approximate surface area is 203 Å². The predicted molar refractivity (Wildman–Crippen MR) is 135 cm³/mol. The molecule has 0 spiro atoms.